The Kier molecular flexibility index (Phi) is 37.1. The average molecular weight is 2030 g/mol. The second kappa shape index (κ2) is 45.9. The standard InChI is InChI=1S/C94H154N2O45/c1-13-38(3)45(95-57(107)26-42(103)24-48(39(4)14-2)131-82-68(117)62(111)51(31-99)133-82)23-41(102)25-58(108)96-59-49(29-97)132-84(76(64(59)113)126-34-52-63(112)65(114)71(40(5)130-52)136-81-70(119)72(47(105)33-128-81)137-86-78(120)93(124,36-101)37-129-86)141-87(123)94-22-21-88(6,7)27-44(94)43-15-16-54-89(8)19-18-56(90(9,35-100)53(89)17-20-91(54,10)92(43,11)28-55(94)106)135-85-77(140-83-75(125-12)66(115)61(110)50(30-98)134-83)73(69(118)74(139-85)79(121)122)138-80-67(116)60(109)46(104)32-127-80/h15,35,38-42,44-56,59-78,80-86,97-99,101-106,109-120,124H,13-14,16-34,36-37H2,1-12H3,(H,95,107)(H,96,108)(H,121,122)/t38-,39-,40+,41-,42-,44?,45-,46+,47+,48-,49?,50?,51-,52-,53+,54?,55?,56-,59-,60-,61-,62?,63?,64?,65?,66-,67?,68?,69-,70?,71-,72?,73-,74?,75?,76?,77?,78?,80-,81-,82+,83-,84-,85+,86-,89?,90+,91-,92+,93-,94+/m0/s1. The van der Waals surface area contributed by atoms with Crippen LogP contribution in [0.5, 0.6) is 0 Å². The summed E-state index contributed by atoms with van der Waals surface area (Å²) in [4.78, 5) is 72.5. The van der Waals surface area contributed by atoms with E-state index in [0.717, 1.165) is 19.0 Å². The number of amides is 2. The number of carbonyl (C=O) groups is 5. The van der Waals surface area contributed by atoms with Crippen molar-refractivity contribution >= 4 is 30.0 Å². The summed E-state index contributed by atoms with van der Waals surface area (Å²) in [6.45, 7) is 14.8. The minimum absolute atomic E-state index is 0.0170. The van der Waals surface area contributed by atoms with Crippen LogP contribution < -0.4 is 10.6 Å². The van der Waals surface area contributed by atoms with Gasteiger partial charge in [-0.05, 0) is 122 Å². The molecule has 25 N–H and O–H groups in total. The molecule has 0 aromatic carbocycles. The molecule has 0 spiro atoms. The lowest BCUT2D eigenvalue weighted by molar-refractivity contribution is -0.392. The lowest BCUT2D eigenvalue weighted by Gasteiger charge is -2.71. The average Bonchev–Trinajstić information content (AvgIpc) is 0.965. The molecule has 8 heterocycles. The van der Waals surface area contributed by atoms with Crippen LogP contribution in [0.1, 0.15) is 172 Å². The number of hydrogen-bond acceptors (Lipinski definition) is 44. The van der Waals surface area contributed by atoms with Gasteiger partial charge < -0.3 is 213 Å². The Hall–Kier alpha value is -4.23. The SMILES string of the molecule is CC[C@H](C)[C@H](C[C@H](O)CC(=O)N[C@H]1C(CO)O[C@@H](OC(=O)[C@]23CCC(C)(C)CC2C2=CCC4C5(C)CC[C@H](O[C@@H]6OC(C(=O)O)[C@@H](O)[C@H](O[C@@H]7OC[C@@H](O)[C@H](O)C7O)C6O[C@@H]6OC(CO)[C@H](O)[C@H](O)C6OC)[C@](C)(C=O)[C@@H]5CC[C@]4(C)[C@]2(C)CC3O)C(OC[C@@H]2O[C@H](C)[C@H](O[C@@H]3OC[C@@H](O)C(O[C@@H]4OC[C@@](O)(CO)C4O)C3O)C(O)C2O)C1O)NC(=O)C[C@@H](O)C[C@H](O[C@@H]1O[C@@H](CO)C(O)C1O)[C@@H](C)CC. The maximum atomic E-state index is 16.4. The van der Waals surface area contributed by atoms with Gasteiger partial charge in [0.2, 0.25) is 18.1 Å². The molecule has 12 fully saturated rings. The summed E-state index contributed by atoms with van der Waals surface area (Å²) in [5.74, 6) is -6.58. The molecule has 8 saturated heterocycles. The minimum atomic E-state index is -2.23. The third kappa shape index (κ3) is 22.3. The van der Waals surface area contributed by atoms with Crippen molar-refractivity contribution in [2.75, 3.05) is 60.0 Å². The highest BCUT2D eigenvalue weighted by atomic mass is 16.8. The van der Waals surface area contributed by atoms with Crippen molar-refractivity contribution in [2.24, 2.45) is 62.1 Å². The Morgan fingerprint density at radius 3 is 1.77 bits per heavy atom. The van der Waals surface area contributed by atoms with Gasteiger partial charge in [0.25, 0.3) is 0 Å². The highest BCUT2D eigenvalue weighted by Crippen LogP contribution is 2.76. The summed E-state index contributed by atoms with van der Waals surface area (Å²) in [5, 5.41) is 262. The molecule has 8 aliphatic heterocycles. The molecule has 0 bridgehead atoms. The van der Waals surface area contributed by atoms with Gasteiger partial charge >= 0.3 is 11.9 Å². The number of methoxy groups -OCH3 is 1. The molecule has 0 radical (unpaired) electrons. The number of carbonyl (C=O) groups excluding carboxylic acids is 4. The molecular formula is C94H154N2O45. The molecular weight excluding hydrogens is 1880 g/mol. The molecule has 810 valence electrons. The Bertz CT molecular complexity index is 4170. The third-order valence-electron chi connectivity index (χ3n) is 34.2. The van der Waals surface area contributed by atoms with Crippen LogP contribution in [-0.4, -0.2) is 458 Å². The number of carboxylic acid groups (broad SMARTS) is 1. The van der Waals surface area contributed by atoms with Crippen LogP contribution in [0.15, 0.2) is 11.6 Å². The quantitative estimate of drug-likeness (QED) is 0.0118. The van der Waals surface area contributed by atoms with Crippen molar-refractivity contribution in [3.63, 3.8) is 0 Å². The van der Waals surface area contributed by atoms with Crippen LogP contribution in [0.25, 0.3) is 0 Å². The highest BCUT2D eigenvalue weighted by molar-refractivity contribution is 5.80. The van der Waals surface area contributed by atoms with E-state index in [9.17, 15) is 137 Å². The summed E-state index contributed by atoms with van der Waals surface area (Å²) in [6.07, 6.45) is -60.0. The Morgan fingerprint density at radius 1 is 0.553 bits per heavy atom. The van der Waals surface area contributed by atoms with Crippen molar-refractivity contribution in [2.45, 2.75) is 423 Å². The zero-order valence-corrected chi connectivity index (χ0v) is 81.7. The summed E-state index contributed by atoms with van der Waals surface area (Å²) in [6, 6.07) is -2.51. The van der Waals surface area contributed by atoms with Crippen LogP contribution in [0.4, 0.5) is 0 Å². The number of aliphatic carboxylic acids is 1. The molecule has 13 rings (SSSR count). The summed E-state index contributed by atoms with van der Waals surface area (Å²) in [7, 11) is 1.14. The second-order valence-electron chi connectivity index (χ2n) is 43.5. The van der Waals surface area contributed by atoms with Gasteiger partial charge in [-0.25, -0.2) is 4.79 Å². The number of nitrogens with one attached hydrogen (secondary N) is 2. The number of ether oxygens (including phenoxy) is 17. The van der Waals surface area contributed by atoms with E-state index in [1.165, 1.54) is 6.92 Å². The molecule has 5 aliphatic carbocycles. The zero-order chi connectivity index (χ0) is 103. The van der Waals surface area contributed by atoms with Gasteiger partial charge in [-0.2, -0.15) is 0 Å². The van der Waals surface area contributed by atoms with E-state index in [-0.39, 0.29) is 49.9 Å². The fraction of sp³-hybridized carbons (Fsp3) is 0.926. The van der Waals surface area contributed by atoms with Crippen LogP contribution in [0, 0.1) is 62.1 Å². The van der Waals surface area contributed by atoms with Gasteiger partial charge in [-0.15, -0.1) is 0 Å². The van der Waals surface area contributed by atoms with Crippen LogP contribution in [0.2, 0.25) is 0 Å². The Labute approximate surface area is 816 Å². The molecule has 0 aromatic rings. The number of allylic oxidation sites excluding steroid dienone is 2. The van der Waals surface area contributed by atoms with E-state index in [1.807, 2.05) is 34.6 Å². The van der Waals surface area contributed by atoms with Gasteiger partial charge in [0.15, 0.2) is 43.8 Å². The monoisotopic (exact) mass is 2030 g/mol. The topological polar surface area (TPSA) is 732 Å². The first-order valence-corrected chi connectivity index (χ1v) is 49.5. The van der Waals surface area contributed by atoms with Gasteiger partial charge in [0.1, 0.15) is 164 Å². The first-order valence-electron chi connectivity index (χ1n) is 49.5. The third-order valence-corrected chi connectivity index (χ3v) is 34.2. The maximum absolute atomic E-state index is 16.4. The fourth-order valence-corrected chi connectivity index (χ4v) is 24.9. The Balaban J connectivity index is 0.749. The number of aliphatic hydroxyl groups is 22. The van der Waals surface area contributed by atoms with E-state index in [1.54, 1.807) is 13.8 Å². The van der Waals surface area contributed by atoms with Crippen LogP contribution in [0.3, 0.4) is 0 Å². The number of aldehydes is 1. The van der Waals surface area contributed by atoms with Crippen molar-refractivity contribution in [3.8, 4) is 0 Å². The molecule has 47 heteroatoms. The number of rotatable bonds is 38. The van der Waals surface area contributed by atoms with Crippen LogP contribution >= 0.6 is 0 Å². The molecule has 4 saturated carbocycles. The molecule has 19 unspecified atom stereocenters. The van der Waals surface area contributed by atoms with Gasteiger partial charge in [-0.1, -0.05) is 93.7 Å². The fourth-order valence-electron chi connectivity index (χ4n) is 24.9. The van der Waals surface area contributed by atoms with Crippen molar-refractivity contribution < 1.29 is 222 Å². The predicted molar refractivity (Wildman–Crippen MR) is 473 cm³/mol. The van der Waals surface area contributed by atoms with Crippen molar-refractivity contribution in [1.82, 2.24) is 10.6 Å². The lowest BCUT2D eigenvalue weighted by Crippen LogP contribution is -2.70. The number of esters is 1. The largest absolute Gasteiger partial charge is 0.479 e. The summed E-state index contributed by atoms with van der Waals surface area (Å²) >= 11 is 0. The van der Waals surface area contributed by atoms with Gasteiger partial charge in [0, 0.05) is 19.6 Å². The van der Waals surface area contributed by atoms with E-state index < -0.39 is 385 Å². The van der Waals surface area contributed by atoms with Crippen molar-refractivity contribution in [3.05, 3.63) is 11.6 Å². The number of carboxylic acids is 1. The zero-order valence-electron chi connectivity index (χ0n) is 81.7. The Morgan fingerprint density at radius 2 is 1.13 bits per heavy atom. The normalized spacial score (nSPS) is 48.0. The van der Waals surface area contributed by atoms with E-state index in [2.05, 4.69) is 37.5 Å². The van der Waals surface area contributed by atoms with Crippen molar-refractivity contribution in [1.29, 1.82) is 0 Å². The van der Waals surface area contributed by atoms with Crippen LogP contribution in [-0.2, 0) is 104 Å². The first kappa shape index (κ1) is 114. The lowest BCUT2D eigenvalue weighted by atomic mass is 9.33. The smallest absolute Gasteiger partial charge is 0.335 e. The molecule has 141 heavy (non-hydrogen) atoms. The number of aliphatic hydroxyl groups excluding tert-OH is 21. The van der Waals surface area contributed by atoms with Gasteiger partial charge in [-0.3, -0.25) is 14.4 Å². The van der Waals surface area contributed by atoms with E-state index in [4.69, 9.17) is 80.5 Å². The summed E-state index contributed by atoms with van der Waals surface area (Å²) < 4.78 is 103. The second-order valence-corrected chi connectivity index (χ2v) is 43.5. The molecule has 47 nitrogen and oxygen atoms in total. The molecule has 51 atom stereocenters. The summed E-state index contributed by atoms with van der Waals surface area (Å²) in [5.41, 5.74) is -7.62. The predicted octanol–water partition coefficient (Wildman–Crippen LogP) is -6.87. The van der Waals surface area contributed by atoms with E-state index >= 15 is 4.79 Å². The molecule has 2 amide bonds. The maximum Gasteiger partial charge on any atom is 0.335 e. The molecule has 13 aliphatic rings. The van der Waals surface area contributed by atoms with E-state index in [0.29, 0.717) is 51.4 Å². The first-order chi connectivity index (χ1) is 66.4. The highest BCUT2D eigenvalue weighted by Gasteiger charge is 2.74. The molecule has 0 aromatic heterocycles. The van der Waals surface area contributed by atoms with Gasteiger partial charge in [0.05, 0.1) is 114 Å². The minimum Gasteiger partial charge on any atom is -0.479 e. The number of fused-ring (bicyclic) bond motifs is 7. The number of hydrogen-bond donors (Lipinski definition) is 25.